The lowest BCUT2D eigenvalue weighted by atomic mass is 9.45. The van der Waals surface area contributed by atoms with Crippen LogP contribution >= 0.6 is 11.6 Å². The molecule has 7 atom stereocenters. The maximum Gasteiger partial charge on any atom is 0.509 e. The molecule has 4 aliphatic rings. The third-order valence-electron chi connectivity index (χ3n) is 10.9. The highest BCUT2D eigenvalue weighted by molar-refractivity contribution is 7.86. The molecular formula is C32H41ClO9S. The summed E-state index contributed by atoms with van der Waals surface area (Å²) in [6, 6.07) is 5.39. The molecule has 0 saturated heterocycles. The van der Waals surface area contributed by atoms with Crippen LogP contribution in [0.1, 0.15) is 78.6 Å². The van der Waals surface area contributed by atoms with Crippen LogP contribution in [0.2, 0.25) is 5.02 Å². The summed E-state index contributed by atoms with van der Waals surface area (Å²) in [5.41, 5.74) is -1.99. The highest BCUT2D eigenvalue weighted by Gasteiger charge is 2.70. The number of hydrogen-bond donors (Lipinski definition) is 1. The first-order chi connectivity index (χ1) is 20.3. The number of aliphatic hydroxyl groups excluding tert-OH is 1. The molecule has 11 heteroatoms. The van der Waals surface area contributed by atoms with E-state index in [1.54, 1.807) is 6.08 Å². The lowest BCUT2D eigenvalue weighted by molar-refractivity contribution is -0.186. The van der Waals surface area contributed by atoms with E-state index in [-0.39, 0.29) is 53.3 Å². The molecule has 3 saturated carbocycles. The number of carbonyl (C=O) groups excluding carboxylic acids is 3. The number of allylic oxidation sites excluding steroid dienone is 1. The smallest absolute Gasteiger partial charge is 0.434 e. The molecule has 0 radical (unpaired) electrons. The predicted octanol–water partition coefficient (Wildman–Crippen LogP) is 5.81. The summed E-state index contributed by atoms with van der Waals surface area (Å²) in [5, 5.41) is 12.2. The number of Topliss-reactive ketones (excluding diaryl/α,β-unsaturated/α-hetero) is 1. The maximum absolute atomic E-state index is 14.1. The standard InChI is InChI=1S/C32H41ClO9S/c1-4-5-16-40-29(37)42-32(27(36)19-41-43(38,39)23-9-7-21(33)8-10-23)15-13-25-24-11-6-20-17-22(34)12-14-30(20,2)28(24)26(35)18-31(25,32)3/h7-10,17,24-26,28,35H,4-6,11-16,18-19H2,1-3H3/t24-,25-,26-,28+,30-,31-,32-/m0/s1. The molecular weight excluding hydrogens is 596 g/mol. The summed E-state index contributed by atoms with van der Waals surface area (Å²) < 4.78 is 42.4. The highest BCUT2D eigenvalue weighted by Crippen LogP contribution is 2.68. The van der Waals surface area contributed by atoms with Crippen LogP contribution in [0.5, 0.6) is 0 Å². The monoisotopic (exact) mass is 636 g/mol. The maximum atomic E-state index is 14.1. The van der Waals surface area contributed by atoms with Gasteiger partial charge in [-0.3, -0.25) is 13.8 Å². The highest BCUT2D eigenvalue weighted by atomic mass is 35.5. The van der Waals surface area contributed by atoms with Crippen molar-refractivity contribution in [2.24, 2.45) is 28.6 Å². The van der Waals surface area contributed by atoms with Crippen LogP contribution in [0.4, 0.5) is 4.79 Å². The first kappa shape index (κ1) is 32.1. The fraction of sp³-hybridized carbons (Fsp3) is 0.656. The molecule has 0 aliphatic heterocycles. The van der Waals surface area contributed by atoms with Gasteiger partial charge in [-0.1, -0.05) is 44.4 Å². The predicted molar refractivity (Wildman–Crippen MR) is 158 cm³/mol. The Labute approximate surface area is 258 Å². The van der Waals surface area contributed by atoms with Gasteiger partial charge in [0.05, 0.1) is 17.6 Å². The number of rotatable bonds is 9. The second kappa shape index (κ2) is 11.9. The van der Waals surface area contributed by atoms with Gasteiger partial charge >= 0.3 is 6.16 Å². The van der Waals surface area contributed by atoms with Gasteiger partial charge in [0.25, 0.3) is 10.1 Å². The van der Waals surface area contributed by atoms with E-state index in [0.717, 1.165) is 24.8 Å². The Morgan fingerprint density at radius 3 is 2.51 bits per heavy atom. The van der Waals surface area contributed by atoms with Gasteiger partial charge in [0.15, 0.2) is 11.4 Å². The van der Waals surface area contributed by atoms with E-state index in [2.05, 4.69) is 6.92 Å². The number of carbonyl (C=O) groups is 3. The van der Waals surface area contributed by atoms with Crippen LogP contribution in [0.15, 0.2) is 40.8 Å². The van der Waals surface area contributed by atoms with Crippen LogP contribution in [-0.4, -0.2) is 56.2 Å². The van der Waals surface area contributed by atoms with Crippen LogP contribution in [0.3, 0.4) is 0 Å². The van der Waals surface area contributed by atoms with E-state index in [4.69, 9.17) is 25.3 Å². The minimum Gasteiger partial charge on any atom is -0.434 e. The van der Waals surface area contributed by atoms with Gasteiger partial charge in [-0.2, -0.15) is 8.42 Å². The van der Waals surface area contributed by atoms with Crippen molar-refractivity contribution in [2.75, 3.05) is 13.2 Å². The average molecular weight is 637 g/mol. The molecule has 0 amide bonds. The molecule has 0 spiro atoms. The molecule has 0 heterocycles. The van der Waals surface area contributed by atoms with Crippen LogP contribution in [-0.2, 0) is 33.4 Å². The number of ketones is 2. The molecule has 5 rings (SSSR count). The quantitative estimate of drug-likeness (QED) is 0.202. The molecule has 9 nitrogen and oxygen atoms in total. The lowest BCUT2D eigenvalue weighted by Crippen LogP contribution is -2.63. The number of benzene rings is 1. The fourth-order valence-electron chi connectivity index (χ4n) is 8.75. The second-order valence-electron chi connectivity index (χ2n) is 13.1. The van der Waals surface area contributed by atoms with Crippen molar-refractivity contribution >= 4 is 39.4 Å². The average Bonchev–Trinajstić information content (AvgIpc) is 3.24. The molecule has 0 bridgehead atoms. The largest absolute Gasteiger partial charge is 0.509 e. The molecule has 1 aromatic carbocycles. The van der Waals surface area contributed by atoms with Gasteiger partial charge in [-0.15, -0.1) is 0 Å². The lowest BCUT2D eigenvalue weighted by Gasteiger charge is -2.60. The second-order valence-corrected chi connectivity index (χ2v) is 15.1. The number of ether oxygens (including phenoxy) is 2. The SMILES string of the molecule is CCCCOC(=O)O[C@]1(C(=O)COS(=O)(=O)c2ccc(Cl)cc2)CC[C@H]2[C@@H]3CCC4=CC(=O)CC[C@]4(C)[C@H]3[C@@H](O)C[C@@]21C. The van der Waals surface area contributed by atoms with Crippen LogP contribution in [0, 0.1) is 28.6 Å². The molecule has 0 unspecified atom stereocenters. The molecule has 0 aromatic heterocycles. The fourth-order valence-corrected chi connectivity index (χ4v) is 9.74. The Morgan fingerprint density at radius 1 is 1.09 bits per heavy atom. The van der Waals surface area contributed by atoms with Crippen molar-refractivity contribution in [3.8, 4) is 0 Å². The van der Waals surface area contributed by atoms with E-state index >= 15 is 0 Å². The molecule has 3 fully saturated rings. The topological polar surface area (TPSA) is 133 Å². The molecule has 1 N–H and O–H groups in total. The number of hydrogen-bond acceptors (Lipinski definition) is 9. The summed E-state index contributed by atoms with van der Waals surface area (Å²) >= 11 is 5.89. The summed E-state index contributed by atoms with van der Waals surface area (Å²) in [6.07, 6.45) is 4.82. The van der Waals surface area contributed by atoms with E-state index in [1.807, 2.05) is 13.8 Å². The van der Waals surface area contributed by atoms with Crippen molar-refractivity contribution < 1.29 is 41.6 Å². The molecule has 1 aromatic rings. The zero-order valence-corrected chi connectivity index (χ0v) is 26.5. The summed E-state index contributed by atoms with van der Waals surface area (Å²) in [6.45, 7) is 5.24. The van der Waals surface area contributed by atoms with Crippen molar-refractivity contribution in [2.45, 2.75) is 95.2 Å². The third kappa shape index (κ3) is 5.57. The zero-order chi connectivity index (χ0) is 31.2. The summed E-state index contributed by atoms with van der Waals surface area (Å²) in [7, 11) is -4.31. The van der Waals surface area contributed by atoms with Crippen LogP contribution < -0.4 is 0 Å². The van der Waals surface area contributed by atoms with Crippen molar-refractivity contribution in [1.29, 1.82) is 0 Å². The summed E-state index contributed by atoms with van der Waals surface area (Å²) in [4.78, 5) is 39.2. The number of fused-ring (bicyclic) bond motifs is 5. The van der Waals surface area contributed by atoms with Gasteiger partial charge in [0, 0.05) is 16.9 Å². The Bertz CT molecular complexity index is 1410. The minimum atomic E-state index is -4.31. The minimum absolute atomic E-state index is 0.0252. The number of aliphatic hydroxyl groups is 1. The van der Waals surface area contributed by atoms with Crippen LogP contribution in [0.25, 0.3) is 0 Å². The Hall–Kier alpha value is -2.27. The molecule has 43 heavy (non-hydrogen) atoms. The third-order valence-corrected chi connectivity index (χ3v) is 12.4. The summed E-state index contributed by atoms with van der Waals surface area (Å²) in [5.74, 6) is -0.730. The van der Waals surface area contributed by atoms with Crippen molar-refractivity contribution in [1.82, 2.24) is 0 Å². The van der Waals surface area contributed by atoms with Gasteiger partial charge in [-0.25, -0.2) is 4.79 Å². The molecule has 4 aliphatic carbocycles. The first-order valence-electron chi connectivity index (χ1n) is 15.2. The van der Waals surface area contributed by atoms with Crippen molar-refractivity contribution in [3.63, 3.8) is 0 Å². The Kier molecular flexibility index (Phi) is 8.90. The van der Waals surface area contributed by atoms with Gasteiger partial charge < -0.3 is 14.6 Å². The number of halogens is 1. The van der Waals surface area contributed by atoms with E-state index in [9.17, 15) is 27.9 Å². The first-order valence-corrected chi connectivity index (χ1v) is 17.0. The Morgan fingerprint density at radius 2 is 1.81 bits per heavy atom. The zero-order valence-electron chi connectivity index (χ0n) is 25.0. The van der Waals surface area contributed by atoms with E-state index in [0.29, 0.717) is 30.7 Å². The van der Waals surface area contributed by atoms with Crippen molar-refractivity contribution in [3.05, 3.63) is 40.9 Å². The van der Waals surface area contributed by atoms with E-state index in [1.165, 1.54) is 24.3 Å². The van der Waals surface area contributed by atoms with Gasteiger partial charge in [-0.05, 0) is 98.5 Å². The van der Waals surface area contributed by atoms with Gasteiger partial charge in [0.2, 0.25) is 5.78 Å². The Balaban J connectivity index is 1.46. The molecule has 236 valence electrons. The normalized spacial score (nSPS) is 35.3. The number of unbranched alkanes of at least 4 members (excludes halogenated alkanes) is 1. The van der Waals surface area contributed by atoms with E-state index < -0.39 is 45.8 Å². The van der Waals surface area contributed by atoms with Gasteiger partial charge in [0.1, 0.15) is 6.61 Å².